The number of hydrogen-bond acceptors (Lipinski definition) is 18. The number of hydrogen-bond donors (Lipinski definition) is 12. The first-order valence-corrected chi connectivity index (χ1v) is 33.4. The van der Waals surface area contributed by atoms with Gasteiger partial charge in [0.15, 0.2) is 18.9 Å². The normalized spacial score (nSPS) is 29.4. The van der Waals surface area contributed by atoms with Crippen molar-refractivity contribution in [3.05, 3.63) is 12.2 Å². The van der Waals surface area contributed by atoms with Crippen LogP contribution in [0.25, 0.3) is 0 Å². The summed E-state index contributed by atoms with van der Waals surface area (Å²) < 4.78 is 34.1. The molecule has 83 heavy (non-hydrogen) atoms. The predicted molar refractivity (Wildman–Crippen MR) is 319 cm³/mol. The lowest BCUT2D eigenvalue weighted by molar-refractivity contribution is -0.379. The molecule has 0 radical (unpaired) electrons. The molecule has 3 aliphatic heterocycles. The van der Waals surface area contributed by atoms with E-state index in [1.165, 1.54) is 180 Å². The molecule has 0 aromatic rings. The first kappa shape index (κ1) is 75.8. The van der Waals surface area contributed by atoms with E-state index in [1.807, 2.05) is 6.08 Å². The second-order valence-electron chi connectivity index (χ2n) is 24.3. The topological polar surface area (TPSA) is 307 Å². The van der Waals surface area contributed by atoms with Gasteiger partial charge in [0, 0.05) is 6.42 Å². The number of rotatable bonds is 51. The van der Waals surface area contributed by atoms with E-state index in [1.54, 1.807) is 6.08 Å². The fourth-order valence-electron chi connectivity index (χ4n) is 11.6. The standard InChI is InChI=1S/C64H121NO18/c1-3-5-7-9-10-11-12-13-14-15-16-17-18-19-20-21-22-23-24-25-26-27-28-29-30-31-32-33-34-35-36-38-39-41-48(69)47(65-52(70)42-40-37-8-6-4-2)46-78-62-58(76)55(73)60(50(44-67)80-62)83-64-59(77)56(74)61(51(45-68)81-64)82-63-57(75)54(72)53(71)49(43-66)79-63/h39,41,47-51,53-64,66-69,71-77H,3-38,40,42-46H2,1-2H3,(H,65,70)/b41-39+. The highest BCUT2D eigenvalue weighted by atomic mass is 16.8. The molecule has 0 spiro atoms. The number of aliphatic hydroxyl groups is 11. The summed E-state index contributed by atoms with van der Waals surface area (Å²) in [6.07, 6.45) is 24.5. The number of unbranched alkanes of at least 4 members (excludes halogenated alkanes) is 35. The van der Waals surface area contributed by atoms with Crippen LogP contribution in [0.15, 0.2) is 12.2 Å². The first-order valence-electron chi connectivity index (χ1n) is 33.4. The van der Waals surface area contributed by atoms with Crippen LogP contribution in [0, 0.1) is 0 Å². The molecule has 12 N–H and O–H groups in total. The van der Waals surface area contributed by atoms with Gasteiger partial charge in [0.2, 0.25) is 5.91 Å². The van der Waals surface area contributed by atoms with E-state index >= 15 is 0 Å². The number of carbonyl (C=O) groups is 1. The van der Waals surface area contributed by atoms with Crippen LogP contribution in [0.5, 0.6) is 0 Å². The third kappa shape index (κ3) is 30.5. The van der Waals surface area contributed by atoms with Gasteiger partial charge in [-0.1, -0.05) is 244 Å². The van der Waals surface area contributed by atoms with E-state index < -0.39 is 124 Å². The van der Waals surface area contributed by atoms with E-state index in [0.29, 0.717) is 6.42 Å². The fraction of sp³-hybridized carbons (Fsp3) is 0.953. The number of ether oxygens (including phenoxy) is 6. The molecular formula is C64H121NO18. The molecule has 1 amide bonds. The second kappa shape index (κ2) is 47.5. The van der Waals surface area contributed by atoms with E-state index in [4.69, 9.17) is 28.4 Å². The zero-order valence-corrected chi connectivity index (χ0v) is 51.4. The first-order chi connectivity index (χ1) is 40.3. The van der Waals surface area contributed by atoms with Crippen molar-refractivity contribution in [2.75, 3.05) is 26.4 Å². The summed E-state index contributed by atoms with van der Waals surface area (Å²) in [5.74, 6) is -0.286. The minimum atomic E-state index is -1.97. The van der Waals surface area contributed by atoms with Crippen LogP contribution in [0.4, 0.5) is 0 Å². The Morgan fingerprint density at radius 1 is 0.422 bits per heavy atom. The molecule has 19 nitrogen and oxygen atoms in total. The van der Waals surface area contributed by atoms with Gasteiger partial charge in [0.1, 0.15) is 73.2 Å². The highest BCUT2D eigenvalue weighted by Gasteiger charge is 2.53. The van der Waals surface area contributed by atoms with Crippen molar-refractivity contribution in [1.29, 1.82) is 0 Å². The number of allylic oxidation sites excluding steroid dienone is 1. The van der Waals surface area contributed by atoms with Crippen LogP contribution in [0.2, 0.25) is 0 Å². The van der Waals surface area contributed by atoms with Gasteiger partial charge in [-0.05, 0) is 19.3 Å². The van der Waals surface area contributed by atoms with Gasteiger partial charge < -0.3 is 89.9 Å². The number of nitrogens with one attached hydrogen (secondary N) is 1. The summed E-state index contributed by atoms with van der Waals surface area (Å²) in [5, 5.41) is 120. The highest BCUT2D eigenvalue weighted by Crippen LogP contribution is 2.33. The quantitative estimate of drug-likeness (QED) is 0.0205. The second-order valence-corrected chi connectivity index (χ2v) is 24.3. The molecule has 0 bridgehead atoms. The summed E-state index contributed by atoms with van der Waals surface area (Å²) in [5.41, 5.74) is 0. The molecule has 3 fully saturated rings. The summed E-state index contributed by atoms with van der Waals surface area (Å²) >= 11 is 0. The Morgan fingerprint density at radius 2 is 0.747 bits per heavy atom. The molecule has 0 aromatic carbocycles. The van der Waals surface area contributed by atoms with E-state index in [0.717, 1.165) is 51.4 Å². The van der Waals surface area contributed by atoms with Gasteiger partial charge in [0.25, 0.3) is 0 Å². The number of aliphatic hydroxyl groups excluding tert-OH is 11. The van der Waals surface area contributed by atoms with E-state index in [-0.39, 0.29) is 18.9 Å². The summed E-state index contributed by atoms with van der Waals surface area (Å²) in [4.78, 5) is 13.1. The monoisotopic (exact) mass is 1190 g/mol. The molecular weight excluding hydrogens is 1070 g/mol. The van der Waals surface area contributed by atoms with Crippen molar-refractivity contribution in [2.24, 2.45) is 0 Å². The van der Waals surface area contributed by atoms with Crippen molar-refractivity contribution in [2.45, 2.75) is 362 Å². The average Bonchev–Trinajstić information content (AvgIpc) is 3.61. The zero-order valence-electron chi connectivity index (χ0n) is 51.4. The Labute approximate surface area is 499 Å². The van der Waals surface area contributed by atoms with E-state index in [9.17, 15) is 61.0 Å². The van der Waals surface area contributed by atoms with Crippen molar-refractivity contribution in [3.8, 4) is 0 Å². The third-order valence-corrected chi connectivity index (χ3v) is 17.1. The van der Waals surface area contributed by atoms with Gasteiger partial charge in [-0.3, -0.25) is 4.79 Å². The molecule has 17 unspecified atom stereocenters. The summed E-state index contributed by atoms with van der Waals surface area (Å²) in [6.45, 7) is 1.64. The van der Waals surface area contributed by atoms with Crippen LogP contribution < -0.4 is 5.32 Å². The maximum atomic E-state index is 13.1. The minimum Gasteiger partial charge on any atom is -0.394 e. The van der Waals surface area contributed by atoms with Crippen molar-refractivity contribution >= 4 is 5.91 Å². The Hall–Kier alpha value is -1.47. The molecule has 490 valence electrons. The minimum absolute atomic E-state index is 0.241. The SMILES string of the molecule is CCCCCCCCCCCCCCCCCCCCCCCCCCCCCCCCC/C=C/C(O)C(COC1OC(CO)C(OC2OC(CO)C(OC3OC(CO)C(O)C(O)C3O)C(O)C2O)C(O)C1O)NC(=O)CCCCCCC. The predicted octanol–water partition coefficient (Wildman–Crippen LogP) is 7.72. The summed E-state index contributed by atoms with van der Waals surface area (Å²) in [7, 11) is 0. The number of carbonyl (C=O) groups excluding carboxylic acids is 1. The van der Waals surface area contributed by atoms with Gasteiger partial charge >= 0.3 is 0 Å². The fourth-order valence-corrected chi connectivity index (χ4v) is 11.6. The average molecular weight is 1190 g/mol. The van der Waals surface area contributed by atoms with Crippen molar-refractivity contribution < 1.29 is 89.4 Å². The highest BCUT2D eigenvalue weighted by molar-refractivity contribution is 5.76. The molecule has 0 aromatic heterocycles. The van der Waals surface area contributed by atoms with Crippen LogP contribution in [-0.2, 0) is 33.2 Å². The Kier molecular flexibility index (Phi) is 43.4. The van der Waals surface area contributed by atoms with E-state index in [2.05, 4.69) is 19.2 Å². The van der Waals surface area contributed by atoms with Crippen molar-refractivity contribution in [1.82, 2.24) is 5.32 Å². The van der Waals surface area contributed by atoms with Gasteiger partial charge in [0.05, 0.1) is 38.6 Å². The molecule has 19 heteroatoms. The smallest absolute Gasteiger partial charge is 0.220 e. The lowest BCUT2D eigenvalue weighted by Gasteiger charge is -2.48. The molecule has 3 rings (SSSR count). The largest absolute Gasteiger partial charge is 0.394 e. The van der Waals surface area contributed by atoms with Crippen LogP contribution in [0.1, 0.15) is 258 Å². The lowest BCUT2D eigenvalue weighted by Crippen LogP contribution is -2.66. The molecule has 0 saturated carbocycles. The van der Waals surface area contributed by atoms with Crippen LogP contribution in [0.3, 0.4) is 0 Å². The Bertz CT molecular complexity index is 1560. The third-order valence-electron chi connectivity index (χ3n) is 17.1. The zero-order chi connectivity index (χ0) is 60.5. The molecule has 3 aliphatic rings. The Morgan fingerprint density at radius 3 is 1.13 bits per heavy atom. The molecule has 3 heterocycles. The molecule has 3 saturated heterocycles. The maximum absolute atomic E-state index is 13.1. The lowest BCUT2D eigenvalue weighted by atomic mass is 9.96. The molecule has 17 atom stereocenters. The summed E-state index contributed by atoms with van der Waals surface area (Å²) in [6, 6.07) is -0.965. The van der Waals surface area contributed by atoms with Gasteiger partial charge in [-0.2, -0.15) is 0 Å². The maximum Gasteiger partial charge on any atom is 0.220 e. The molecule has 0 aliphatic carbocycles. The van der Waals surface area contributed by atoms with Crippen LogP contribution in [-0.4, -0.2) is 193 Å². The van der Waals surface area contributed by atoms with Crippen LogP contribution >= 0.6 is 0 Å². The van der Waals surface area contributed by atoms with Gasteiger partial charge in [-0.15, -0.1) is 0 Å². The van der Waals surface area contributed by atoms with Gasteiger partial charge in [-0.25, -0.2) is 0 Å². The van der Waals surface area contributed by atoms with Crippen molar-refractivity contribution in [3.63, 3.8) is 0 Å². The number of amides is 1. The Balaban J connectivity index is 1.30.